The van der Waals surface area contributed by atoms with Gasteiger partial charge < -0.3 is 139 Å². The normalized spacial score (nSPS) is 52.1. The Morgan fingerprint density at radius 2 is 1.00 bits per heavy atom. The zero-order chi connectivity index (χ0) is 69.7. The Hall–Kier alpha value is -2.85. The van der Waals surface area contributed by atoms with E-state index in [2.05, 4.69) is 40.7 Å². The predicted octanol–water partition coefficient (Wildman–Crippen LogP) is -4.10. The summed E-state index contributed by atoms with van der Waals surface area (Å²) in [6.07, 6.45) is -41.3. The van der Waals surface area contributed by atoms with Gasteiger partial charge in [-0.15, -0.1) is 0 Å². The van der Waals surface area contributed by atoms with Crippen molar-refractivity contribution in [2.75, 3.05) is 33.0 Å². The molecule has 544 valence electrons. The summed E-state index contributed by atoms with van der Waals surface area (Å²) in [5.74, 6) is -3.24. The second-order valence-corrected chi connectivity index (χ2v) is 30.3. The molecule has 10 rings (SSSR count). The van der Waals surface area contributed by atoms with Gasteiger partial charge in [0.05, 0.1) is 50.2 Å². The third-order valence-corrected chi connectivity index (χ3v) is 24.1. The molecule has 5 aliphatic carbocycles. The number of esters is 3. The number of allylic oxidation sites excluding steroid dienone is 2. The molecule has 35 atom stereocenters. The summed E-state index contributed by atoms with van der Waals surface area (Å²) in [5.41, 5.74) is -3.81. The minimum atomic E-state index is -2.04. The van der Waals surface area contributed by atoms with Crippen molar-refractivity contribution in [3.8, 4) is 0 Å². The maximum atomic E-state index is 16.0. The van der Waals surface area contributed by atoms with E-state index in [1.807, 2.05) is 6.92 Å². The fourth-order valence-electron chi connectivity index (χ4n) is 18.5. The molecule has 5 aliphatic heterocycles. The lowest BCUT2D eigenvalue weighted by molar-refractivity contribution is -0.387. The monoisotopic (exact) mass is 1370 g/mol. The average molecular weight is 1370 g/mol. The van der Waals surface area contributed by atoms with Crippen molar-refractivity contribution in [1.82, 2.24) is 0 Å². The van der Waals surface area contributed by atoms with Gasteiger partial charge in [-0.2, -0.15) is 0 Å². The molecule has 10 aliphatic rings. The van der Waals surface area contributed by atoms with Crippen LogP contribution in [0, 0.1) is 50.2 Å². The largest absolute Gasteiger partial charge is 0.465 e. The van der Waals surface area contributed by atoms with Gasteiger partial charge in [0.15, 0.2) is 31.3 Å². The molecule has 0 aromatic rings. The van der Waals surface area contributed by atoms with Crippen LogP contribution >= 0.6 is 0 Å². The molecule has 5 saturated heterocycles. The van der Waals surface area contributed by atoms with Gasteiger partial charge in [0, 0.05) is 19.3 Å². The van der Waals surface area contributed by atoms with E-state index in [-0.39, 0.29) is 36.7 Å². The van der Waals surface area contributed by atoms with Crippen LogP contribution in [0.2, 0.25) is 0 Å². The lowest BCUT2D eigenvalue weighted by Gasteiger charge is -2.71. The molecule has 9 fully saturated rings. The van der Waals surface area contributed by atoms with Gasteiger partial charge in [0.25, 0.3) is 0 Å². The Morgan fingerprint density at radius 1 is 0.505 bits per heavy atom. The summed E-state index contributed by atoms with van der Waals surface area (Å²) in [7, 11) is 0. The summed E-state index contributed by atoms with van der Waals surface area (Å²) < 4.78 is 72.3. The molecule has 16 N–H and O–H groups in total. The molecule has 0 radical (unpaired) electrons. The molecule has 31 nitrogen and oxygen atoms in total. The quantitative estimate of drug-likeness (QED) is 0.0285. The van der Waals surface area contributed by atoms with Crippen LogP contribution in [0.3, 0.4) is 0 Å². The van der Waals surface area contributed by atoms with Crippen LogP contribution in [0.5, 0.6) is 0 Å². The molecule has 0 aromatic heterocycles. The molecular weight excluding hydrogens is 1260 g/mol. The first kappa shape index (κ1) is 74.8. The minimum Gasteiger partial charge on any atom is -0.465 e. The van der Waals surface area contributed by atoms with Crippen LogP contribution in [0.25, 0.3) is 0 Å². The number of hydrogen-bond acceptors (Lipinski definition) is 31. The van der Waals surface area contributed by atoms with E-state index in [1.54, 1.807) is 0 Å². The van der Waals surface area contributed by atoms with E-state index in [1.165, 1.54) is 13.8 Å². The van der Waals surface area contributed by atoms with Crippen molar-refractivity contribution in [3.05, 3.63) is 11.6 Å². The van der Waals surface area contributed by atoms with Crippen LogP contribution in [0.4, 0.5) is 0 Å². The molecule has 5 heterocycles. The zero-order valence-corrected chi connectivity index (χ0v) is 55.1. The third kappa shape index (κ3) is 13.2. The average Bonchev–Trinajstić information content (AvgIpc) is 0.673. The molecule has 0 spiro atoms. The van der Waals surface area contributed by atoms with Gasteiger partial charge >= 0.3 is 17.9 Å². The van der Waals surface area contributed by atoms with Crippen LogP contribution in [0.15, 0.2) is 11.6 Å². The van der Waals surface area contributed by atoms with Crippen LogP contribution in [-0.2, 0) is 71.2 Å². The molecular formula is C64H102O31. The summed E-state index contributed by atoms with van der Waals surface area (Å²) in [5, 5.41) is 176. The van der Waals surface area contributed by atoms with Crippen molar-refractivity contribution < 1.29 is 153 Å². The van der Waals surface area contributed by atoms with Crippen molar-refractivity contribution in [2.24, 2.45) is 50.2 Å². The van der Waals surface area contributed by atoms with Gasteiger partial charge in [-0.05, 0) is 104 Å². The lowest BCUT2D eigenvalue weighted by atomic mass is 9.33. The minimum absolute atomic E-state index is 0.115. The van der Waals surface area contributed by atoms with E-state index in [0.717, 1.165) is 12.5 Å². The number of hydrogen-bond donors (Lipinski definition) is 16. The number of ether oxygens (including phenoxy) is 12. The maximum absolute atomic E-state index is 16.0. The highest BCUT2D eigenvalue weighted by Gasteiger charge is 2.72. The smallest absolute Gasteiger partial charge is 0.315 e. The maximum Gasteiger partial charge on any atom is 0.315 e. The first-order valence-corrected chi connectivity index (χ1v) is 33.2. The highest BCUT2D eigenvalue weighted by Crippen LogP contribution is 2.76. The Morgan fingerprint density at radius 3 is 1.57 bits per heavy atom. The van der Waals surface area contributed by atoms with E-state index in [9.17, 15) is 91.3 Å². The number of fused-ring (bicyclic) bond motifs is 7. The Labute approximate surface area is 550 Å². The van der Waals surface area contributed by atoms with Crippen LogP contribution in [-0.4, -0.2) is 298 Å². The molecule has 95 heavy (non-hydrogen) atoms. The van der Waals surface area contributed by atoms with Gasteiger partial charge in [0.1, 0.15) is 116 Å². The molecule has 0 amide bonds. The predicted molar refractivity (Wildman–Crippen MR) is 316 cm³/mol. The Kier molecular flexibility index (Phi) is 22.2. The lowest BCUT2D eigenvalue weighted by Crippen LogP contribution is -2.70. The second kappa shape index (κ2) is 28.2. The molecule has 0 bridgehead atoms. The standard InChI is InChI=1S/C64H102O31/c1-25-37(71)42(76)45(79)53(86-25)93-51-50(92-55-47(81)44(78)39(73)32(21-66)88-55)41(75)34(23-84-26(2)68)90-57(51)95-58(83)64-16-14-59(4,5)18-29(64)28-10-11-36-60(6)19-30(70)52(61(7,24-85-27(3)69)35(60)12-13-63(36,9)62(28,8)15-17-64)94-56-48(82)49(40(74)33(22-67)89-56)91-54-46(80)43(77)38(72)31(20-65)87-54/h10,25,29-57,65-67,70-82H,11-24H2,1-9H3/t25-,29-,30-,31+,32+,33+,34+,35+,36+,37-,38+,39-,40+,41+,42+,43-,44-,45+,46+,47+,48+,49-,50-,51+,52-,53-,54-,55-,56-,57-,60-,61-,62+,63+,64-/m0/s1. The topological polar surface area (TPSA) is 486 Å². The highest BCUT2D eigenvalue weighted by atomic mass is 16.8. The van der Waals surface area contributed by atoms with Crippen molar-refractivity contribution in [1.29, 1.82) is 0 Å². The van der Waals surface area contributed by atoms with Crippen molar-refractivity contribution >= 4 is 17.9 Å². The number of carbonyl (C=O) groups is 3. The molecule has 31 heteroatoms. The number of carbonyl (C=O) groups excluding carboxylic acids is 3. The summed E-state index contributed by atoms with van der Waals surface area (Å²) in [6, 6.07) is 0. The Balaban J connectivity index is 0.963. The van der Waals surface area contributed by atoms with E-state index in [0.29, 0.717) is 44.9 Å². The van der Waals surface area contributed by atoms with Crippen molar-refractivity contribution in [3.63, 3.8) is 0 Å². The van der Waals surface area contributed by atoms with Crippen LogP contribution < -0.4 is 0 Å². The van der Waals surface area contributed by atoms with E-state index < -0.39 is 243 Å². The Bertz CT molecular complexity index is 2720. The van der Waals surface area contributed by atoms with Gasteiger partial charge in [-0.25, -0.2) is 0 Å². The fraction of sp³-hybridized carbons (Fsp3) is 0.922. The second-order valence-electron chi connectivity index (χ2n) is 30.3. The number of aliphatic hydroxyl groups is 16. The summed E-state index contributed by atoms with van der Waals surface area (Å²) in [6.45, 7) is 12.9. The molecule has 4 saturated carbocycles. The molecule has 0 unspecified atom stereocenters. The van der Waals surface area contributed by atoms with Gasteiger partial charge in [0.2, 0.25) is 6.29 Å². The summed E-state index contributed by atoms with van der Waals surface area (Å²) >= 11 is 0. The number of aliphatic hydroxyl groups excluding tert-OH is 16. The third-order valence-electron chi connectivity index (χ3n) is 24.1. The zero-order valence-electron chi connectivity index (χ0n) is 55.1. The first-order chi connectivity index (χ1) is 44.5. The first-order valence-electron chi connectivity index (χ1n) is 33.2. The summed E-state index contributed by atoms with van der Waals surface area (Å²) in [4.78, 5) is 41.2. The van der Waals surface area contributed by atoms with Gasteiger partial charge in [-0.1, -0.05) is 53.2 Å². The number of rotatable bonds is 17. The van der Waals surface area contributed by atoms with E-state index >= 15 is 4.79 Å². The SMILES string of the molecule is CC(=O)OC[C@H]1O[C@@H](OC(=O)[C@]23CCC(C)(C)C[C@H]2C2=CC[C@@H]4[C@@]5(C)C[C@H](O)[C@H](O[C@@H]6O[C@H](CO)[C@@H](O)[C@H](O[C@@H]7O[C@H](CO)[C@@H](O)[C@H](O)[C@H]7O)[C@H]6O)[C@@](C)(COC(C)=O)[C@@H]5CC[C@@]4(C)[C@]2(C)CC3)[C@H](O[C@@H]2O[C@@H](C)[C@H](O)[C@@H](O)[C@H]2O)[C@@H](O[C@@H]2O[C@H](CO)[C@H](O)[C@H](O)[C@H]2O)[C@@H]1O. The highest BCUT2D eigenvalue weighted by molar-refractivity contribution is 5.79. The van der Waals surface area contributed by atoms with E-state index in [4.69, 9.17) is 56.8 Å². The van der Waals surface area contributed by atoms with Crippen LogP contribution in [0.1, 0.15) is 120 Å². The van der Waals surface area contributed by atoms with Gasteiger partial charge in [-0.3, -0.25) is 14.4 Å². The fourth-order valence-corrected chi connectivity index (χ4v) is 18.5. The molecule has 0 aromatic carbocycles. The van der Waals surface area contributed by atoms with Crippen molar-refractivity contribution in [2.45, 2.75) is 286 Å².